The minimum atomic E-state index is -1.32. The van der Waals surface area contributed by atoms with Crippen LogP contribution in [-0.4, -0.2) is 36.9 Å². The summed E-state index contributed by atoms with van der Waals surface area (Å²) in [7, 11) is 3.26. The van der Waals surface area contributed by atoms with Crippen molar-refractivity contribution in [2.75, 3.05) is 14.2 Å². The Labute approximate surface area is 67.2 Å². The predicted octanol–water partition coefficient (Wildman–Crippen LogP) is -0.485. The highest BCUT2D eigenvalue weighted by Crippen LogP contribution is 2.12. The summed E-state index contributed by atoms with van der Waals surface area (Å²) in [5.41, 5.74) is 0. The van der Waals surface area contributed by atoms with E-state index in [1.165, 1.54) is 7.11 Å². The molecule has 11 heavy (non-hydrogen) atoms. The van der Waals surface area contributed by atoms with Crippen molar-refractivity contribution in [2.45, 2.75) is 25.9 Å². The van der Waals surface area contributed by atoms with Crippen LogP contribution in [0.4, 0.5) is 0 Å². The summed E-state index contributed by atoms with van der Waals surface area (Å²) in [6.45, 7) is 1.88. The van der Waals surface area contributed by atoms with Crippen LogP contribution in [0.15, 0.2) is 0 Å². The van der Waals surface area contributed by atoms with Gasteiger partial charge in [0.25, 0.3) is 0 Å². The second kappa shape index (κ2) is 5.49. The minimum Gasteiger partial charge on any atom is -0.368 e. The molecule has 68 valence electrons. The fraction of sp³-hybridized carbons (Fsp3) is 1.00. The third-order valence-corrected chi connectivity index (χ3v) is 1.78. The molecule has 0 aromatic heterocycles. The third-order valence-electron chi connectivity index (χ3n) is 1.78. The summed E-state index contributed by atoms with van der Waals surface area (Å²) in [5.74, 6) is -0.273. The molecule has 0 radical (unpaired) electrons. The quantitative estimate of drug-likeness (QED) is 0.479. The monoisotopic (exact) mass is 163 g/mol. The number of ether oxygens (including phenoxy) is 1. The molecule has 0 amide bonds. The Hall–Kier alpha value is -0.160. The van der Waals surface area contributed by atoms with Gasteiger partial charge in [0, 0.05) is 13.0 Å². The lowest BCUT2D eigenvalue weighted by Crippen LogP contribution is -2.41. The zero-order chi connectivity index (χ0) is 8.85. The van der Waals surface area contributed by atoms with Gasteiger partial charge in [-0.05, 0) is 13.5 Å². The van der Waals surface area contributed by atoms with Gasteiger partial charge in [-0.1, -0.05) is 6.92 Å². The van der Waals surface area contributed by atoms with E-state index in [1.807, 2.05) is 6.92 Å². The first kappa shape index (κ1) is 10.8. The SMILES string of the molecule is CCC(C(O)O)[C@H](NC)OC. The summed E-state index contributed by atoms with van der Waals surface area (Å²) in [5, 5.41) is 20.6. The molecule has 0 aliphatic carbocycles. The molecule has 0 aliphatic rings. The molecule has 0 bridgehead atoms. The van der Waals surface area contributed by atoms with E-state index in [2.05, 4.69) is 5.32 Å². The first-order valence-corrected chi connectivity index (χ1v) is 3.73. The van der Waals surface area contributed by atoms with Crippen molar-refractivity contribution in [1.29, 1.82) is 0 Å². The Balaban J connectivity index is 3.98. The van der Waals surface area contributed by atoms with Crippen LogP contribution < -0.4 is 5.32 Å². The fourth-order valence-corrected chi connectivity index (χ4v) is 1.09. The van der Waals surface area contributed by atoms with Crippen molar-refractivity contribution in [2.24, 2.45) is 5.92 Å². The number of nitrogens with one attached hydrogen (secondary N) is 1. The molecule has 0 aliphatic heterocycles. The highest BCUT2D eigenvalue weighted by Gasteiger charge is 2.23. The van der Waals surface area contributed by atoms with Crippen molar-refractivity contribution in [1.82, 2.24) is 5.32 Å². The van der Waals surface area contributed by atoms with Gasteiger partial charge in [-0.2, -0.15) is 0 Å². The molecule has 0 rings (SSSR count). The van der Waals surface area contributed by atoms with Gasteiger partial charge < -0.3 is 14.9 Å². The zero-order valence-corrected chi connectivity index (χ0v) is 7.24. The highest BCUT2D eigenvalue weighted by molar-refractivity contribution is 4.66. The number of methoxy groups -OCH3 is 1. The maximum absolute atomic E-state index is 8.88. The van der Waals surface area contributed by atoms with Crippen molar-refractivity contribution in [3.63, 3.8) is 0 Å². The molecular formula is C7H17NO3. The first-order chi connectivity index (χ1) is 5.17. The van der Waals surface area contributed by atoms with E-state index in [9.17, 15) is 0 Å². The van der Waals surface area contributed by atoms with Crippen molar-refractivity contribution >= 4 is 0 Å². The molecule has 4 heteroatoms. The fourth-order valence-electron chi connectivity index (χ4n) is 1.09. The predicted molar refractivity (Wildman–Crippen MR) is 41.9 cm³/mol. The van der Waals surface area contributed by atoms with Crippen LogP contribution in [0, 0.1) is 5.92 Å². The molecule has 4 nitrogen and oxygen atoms in total. The van der Waals surface area contributed by atoms with Gasteiger partial charge in [-0.25, -0.2) is 0 Å². The topological polar surface area (TPSA) is 61.7 Å². The maximum Gasteiger partial charge on any atom is 0.158 e. The van der Waals surface area contributed by atoms with E-state index in [4.69, 9.17) is 14.9 Å². The van der Waals surface area contributed by atoms with Gasteiger partial charge >= 0.3 is 0 Å². The van der Waals surface area contributed by atoms with Crippen LogP contribution in [-0.2, 0) is 4.74 Å². The van der Waals surface area contributed by atoms with E-state index < -0.39 is 6.29 Å². The lowest BCUT2D eigenvalue weighted by molar-refractivity contribution is -0.131. The normalized spacial score (nSPS) is 16.9. The van der Waals surface area contributed by atoms with Gasteiger partial charge in [0.2, 0.25) is 0 Å². The molecule has 0 saturated heterocycles. The largest absolute Gasteiger partial charge is 0.368 e. The Morgan fingerprint density at radius 1 is 1.45 bits per heavy atom. The summed E-state index contributed by atoms with van der Waals surface area (Å²) >= 11 is 0. The summed E-state index contributed by atoms with van der Waals surface area (Å²) in [4.78, 5) is 0. The average molecular weight is 163 g/mol. The zero-order valence-electron chi connectivity index (χ0n) is 7.24. The van der Waals surface area contributed by atoms with E-state index in [0.717, 1.165) is 0 Å². The van der Waals surface area contributed by atoms with Crippen LogP contribution in [0.25, 0.3) is 0 Å². The number of rotatable bonds is 5. The lowest BCUT2D eigenvalue weighted by atomic mass is 10.0. The van der Waals surface area contributed by atoms with Crippen LogP contribution in [0.5, 0.6) is 0 Å². The van der Waals surface area contributed by atoms with Gasteiger partial charge in [0.1, 0.15) is 6.23 Å². The summed E-state index contributed by atoms with van der Waals surface area (Å²) < 4.78 is 4.98. The molecule has 1 unspecified atom stereocenters. The number of hydrogen-bond donors (Lipinski definition) is 3. The molecule has 0 fully saturated rings. The standard InChI is InChI=1S/C7H17NO3/c1-4-5(7(9)10)6(8-2)11-3/h5-10H,4H2,1-3H3/t5?,6-/m1/s1. The maximum atomic E-state index is 8.88. The molecular weight excluding hydrogens is 146 g/mol. The van der Waals surface area contributed by atoms with E-state index >= 15 is 0 Å². The Bertz CT molecular complexity index is 93.7. The molecule has 0 saturated carbocycles. The lowest BCUT2D eigenvalue weighted by Gasteiger charge is -2.25. The second-order valence-corrected chi connectivity index (χ2v) is 2.43. The molecule has 3 N–H and O–H groups in total. The number of aliphatic hydroxyl groups is 2. The van der Waals surface area contributed by atoms with Crippen LogP contribution >= 0.6 is 0 Å². The molecule has 0 heterocycles. The van der Waals surface area contributed by atoms with Gasteiger partial charge in [0.15, 0.2) is 6.29 Å². The molecule has 0 aromatic carbocycles. The van der Waals surface area contributed by atoms with Gasteiger partial charge in [0.05, 0.1) is 0 Å². The third kappa shape index (κ3) is 3.16. The number of aliphatic hydroxyl groups excluding tert-OH is 1. The second-order valence-electron chi connectivity index (χ2n) is 2.43. The van der Waals surface area contributed by atoms with Crippen molar-refractivity contribution in [3.8, 4) is 0 Å². The van der Waals surface area contributed by atoms with E-state index in [1.54, 1.807) is 7.05 Å². The Kier molecular flexibility index (Phi) is 5.41. The molecule has 0 aromatic rings. The highest BCUT2D eigenvalue weighted by atomic mass is 16.5. The summed E-state index contributed by atoms with van der Waals surface area (Å²) in [6, 6.07) is 0. The first-order valence-electron chi connectivity index (χ1n) is 3.73. The van der Waals surface area contributed by atoms with Crippen LogP contribution in [0.2, 0.25) is 0 Å². The van der Waals surface area contributed by atoms with Crippen LogP contribution in [0.3, 0.4) is 0 Å². The average Bonchev–Trinajstić information content (AvgIpc) is 1.99. The van der Waals surface area contributed by atoms with Crippen molar-refractivity contribution < 1.29 is 14.9 Å². The van der Waals surface area contributed by atoms with E-state index in [-0.39, 0.29) is 12.1 Å². The Morgan fingerprint density at radius 2 is 2.00 bits per heavy atom. The minimum absolute atomic E-state index is 0.273. The van der Waals surface area contributed by atoms with E-state index in [0.29, 0.717) is 6.42 Å². The van der Waals surface area contributed by atoms with Crippen molar-refractivity contribution in [3.05, 3.63) is 0 Å². The molecule has 2 atom stereocenters. The Morgan fingerprint density at radius 3 is 2.09 bits per heavy atom. The van der Waals surface area contributed by atoms with Gasteiger partial charge in [-0.15, -0.1) is 0 Å². The smallest absolute Gasteiger partial charge is 0.158 e. The van der Waals surface area contributed by atoms with Gasteiger partial charge in [-0.3, -0.25) is 5.32 Å². The number of hydrogen-bond acceptors (Lipinski definition) is 4. The molecule has 0 spiro atoms. The van der Waals surface area contributed by atoms with Crippen LogP contribution in [0.1, 0.15) is 13.3 Å². The summed E-state index contributed by atoms with van der Waals surface area (Å²) in [6.07, 6.45) is -0.950.